The largest absolute Gasteiger partial charge is 0.285 e. The van der Waals surface area contributed by atoms with Crippen molar-refractivity contribution in [2.24, 2.45) is 4.36 Å². The van der Waals surface area contributed by atoms with E-state index in [1.807, 2.05) is 19.1 Å². The van der Waals surface area contributed by atoms with E-state index in [1.54, 1.807) is 12.1 Å². The third kappa shape index (κ3) is 2.96. The highest BCUT2D eigenvalue weighted by molar-refractivity contribution is 7.92. The summed E-state index contributed by atoms with van der Waals surface area (Å²) in [5.41, 5.74) is 1.37. The Morgan fingerprint density at radius 1 is 1.29 bits per heavy atom. The van der Waals surface area contributed by atoms with Gasteiger partial charge in [-0.2, -0.15) is 4.36 Å². The molecule has 0 aliphatic carbocycles. The molecule has 0 aromatic heterocycles. The molecular formula is C10H13NO2S. The van der Waals surface area contributed by atoms with Gasteiger partial charge in [-0.05, 0) is 18.6 Å². The van der Waals surface area contributed by atoms with E-state index >= 15 is 0 Å². The van der Waals surface area contributed by atoms with E-state index in [0.29, 0.717) is 5.56 Å². The normalized spacial score (nSPS) is 11.1. The predicted octanol–water partition coefficient (Wildman–Crippen LogP) is 1.86. The summed E-state index contributed by atoms with van der Waals surface area (Å²) in [7, 11) is -2.36. The molecule has 0 fully saturated rings. The second-order valence-electron chi connectivity index (χ2n) is 3.39. The molecule has 0 unspecified atom stereocenters. The van der Waals surface area contributed by atoms with E-state index in [2.05, 4.69) is 4.36 Å². The molecule has 3 nitrogen and oxygen atoms in total. The Bertz CT molecular complexity index is 463. The lowest BCUT2D eigenvalue weighted by atomic mass is 10.1. The number of amides is 1. The first-order valence-corrected chi connectivity index (χ1v) is 6.50. The predicted molar refractivity (Wildman–Crippen MR) is 57.9 cm³/mol. The zero-order valence-electron chi connectivity index (χ0n) is 8.48. The molecule has 0 spiro atoms. The molecule has 0 N–H and O–H groups in total. The summed E-state index contributed by atoms with van der Waals surface area (Å²) >= 11 is 0. The third-order valence-corrected chi connectivity index (χ3v) is 2.28. The zero-order chi connectivity index (χ0) is 10.8. The van der Waals surface area contributed by atoms with Crippen molar-refractivity contribution in [2.45, 2.75) is 6.92 Å². The van der Waals surface area contributed by atoms with Crippen LogP contribution in [-0.2, 0) is 9.73 Å². The Morgan fingerprint density at radius 3 is 2.36 bits per heavy atom. The minimum atomic E-state index is -2.36. The molecule has 0 radical (unpaired) electrons. The highest BCUT2D eigenvalue weighted by atomic mass is 32.2. The Morgan fingerprint density at radius 2 is 1.86 bits per heavy atom. The maximum Gasteiger partial charge on any atom is 0.285 e. The van der Waals surface area contributed by atoms with E-state index in [4.69, 9.17) is 0 Å². The SMILES string of the molecule is Cc1ccccc1C(=O)N=S(C)(C)=O. The molecule has 1 aromatic carbocycles. The second kappa shape index (κ2) is 3.92. The number of hydrogen-bond acceptors (Lipinski definition) is 2. The quantitative estimate of drug-likeness (QED) is 0.711. The van der Waals surface area contributed by atoms with Crippen LogP contribution in [0.3, 0.4) is 0 Å². The maximum absolute atomic E-state index is 11.5. The van der Waals surface area contributed by atoms with Crippen LogP contribution >= 0.6 is 0 Å². The fraction of sp³-hybridized carbons (Fsp3) is 0.300. The first-order chi connectivity index (χ1) is 6.40. The van der Waals surface area contributed by atoms with Crippen LogP contribution in [0.15, 0.2) is 28.6 Å². The van der Waals surface area contributed by atoms with Gasteiger partial charge in [-0.15, -0.1) is 0 Å². The van der Waals surface area contributed by atoms with Gasteiger partial charge in [0.15, 0.2) is 0 Å². The van der Waals surface area contributed by atoms with Gasteiger partial charge in [-0.3, -0.25) is 4.79 Å². The van der Waals surface area contributed by atoms with Crippen molar-refractivity contribution in [2.75, 3.05) is 12.5 Å². The smallest absolute Gasteiger partial charge is 0.266 e. The standard InChI is InChI=1S/C10H13NO2S/c1-8-6-4-5-7-9(8)10(12)11-14(2,3)13/h4-7H,1-3H3. The number of aryl methyl sites for hydroxylation is 1. The van der Waals surface area contributed by atoms with Gasteiger partial charge < -0.3 is 0 Å². The number of nitrogens with zero attached hydrogens (tertiary/aromatic N) is 1. The van der Waals surface area contributed by atoms with Crippen molar-refractivity contribution >= 4 is 15.6 Å². The van der Waals surface area contributed by atoms with Crippen molar-refractivity contribution in [1.82, 2.24) is 0 Å². The van der Waals surface area contributed by atoms with E-state index in [-0.39, 0.29) is 0 Å². The van der Waals surface area contributed by atoms with Crippen LogP contribution < -0.4 is 0 Å². The topological polar surface area (TPSA) is 46.5 Å². The summed E-state index contributed by atoms with van der Waals surface area (Å²) in [6.45, 7) is 1.83. The molecule has 0 aliphatic heterocycles. The van der Waals surface area contributed by atoms with Crippen LogP contribution in [0.25, 0.3) is 0 Å². The van der Waals surface area contributed by atoms with Gasteiger partial charge in [-0.25, -0.2) is 4.21 Å². The van der Waals surface area contributed by atoms with E-state index < -0.39 is 15.6 Å². The monoisotopic (exact) mass is 211 g/mol. The molecule has 76 valence electrons. The summed E-state index contributed by atoms with van der Waals surface area (Å²) in [6.07, 6.45) is 2.90. The number of benzene rings is 1. The molecule has 4 heteroatoms. The van der Waals surface area contributed by atoms with E-state index in [0.717, 1.165) is 5.56 Å². The van der Waals surface area contributed by atoms with E-state index in [9.17, 15) is 9.00 Å². The molecule has 1 amide bonds. The van der Waals surface area contributed by atoms with Crippen molar-refractivity contribution < 1.29 is 9.00 Å². The summed E-state index contributed by atoms with van der Waals surface area (Å²) in [6, 6.07) is 7.13. The molecular weight excluding hydrogens is 198 g/mol. The fourth-order valence-electron chi connectivity index (χ4n) is 1.06. The first-order valence-electron chi connectivity index (χ1n) is 4.17. The molecule has 0 saturated carbocycles. The lowest BCUT2D eigenvalue weighted by molar-refractivity contribution is 0.100. The Kier molecular flexibility index (Phi) is 3.06. The average molecular weight is 211 g/mol. The fourth-order valence-corrected chi connectivity index (χ4v) is 1.56. The molecule has 0 atom stereocenters. The Hall–Kier alpha value is -1.16. The lowest BCUT2D eigenvalue weighted by Crippen LogP contribution is -2.02. The number of carbonyl (C=O) groups excluding carboxylic acids is 1. The minimum Gasteiger partial charge on any atom is -0.266 e. The van der Waals surface area contributed by atoms with Crippen LogP contribution in [0.5, 0.6) is 0 Å². The van der Waals surface area contributed by atoms with Gasteiger partial charge in [0, 0.05) is 27.8 Å². The molecule has 14 heavy (non-hydrogen) atoms. The van der Waals surface area contributed by atoms with Crippen molar-refractivity contribution in [3.8, 4) is 0 Å². The Balaban J connectivity index is 3.16. The third-order valence-electron chi connectivity index (χ3n) is 1.68. The van der Waals surface area contributed by atoms with Gasteiger partial charge in [-0.1, -0.05) is 18.2 Å². The molecule has 1 rings (SSSR count). The average Bonchev–Trinajstić information content (AvgIpc) is 2.01. The summed E-state index contributed by atoms with van der Waals surface area (Å²) in [5.74, 6) is -0.405. The van der Waals surface area contributed by atoms with E-state index in [1.165, 1.54) is 12.5 Å². The van der Waals surface area contributed by atoms with Crippen LogP contribution in [-0.4, -0.2) is 22.6 Å². The van der Waals surface area contributed by atoms with Gasteiger partial charge in [0.05, 0.1) is 0 Å². The van der Waals surface area contributed by atoms with Gasteiger partial charge in [0.2, 0.25) is 0 Å². The summed E-state index contributed by atoms with van der Waals surface area (Å²) in [4.78, 5) is 11.5. The number of rotatable bonds is 1. The molecule has 1 aromatic rings. The second-order valence-corrected chi connectivity index (χ2v) is 5.94. The Labute approximate surface area is 84.3 Å². The van der Waals surface area contributed by atoms with Crippen molar-refractivity contribution in [3.05, 3.63) is 35.4 Å². The van der Waals surface area contributed by atoms with Crippen LogP contribution in [0.1, 0.15) is 15.9 Å². The summed E-state index contributed by atoms with van der Waals surface area (Å²) < 4.78 is 14.9. The zero-order valence-corrected chi connectivity index (χ0v) is 9.30. The minimum absolute atomic E-state index is 0.405. The number of hydrogen-bond donors (Lipinski definition) is 0. The van der Waals surface area contributed by atoms with Crippen LogP contribution in [0, 0.1) is 6.92 Å². The molecule has 0 saturated heterocycles. The van der Waals surface area contributed by atoms with Gasteiger partial charge in [0.25, 0.3) is 5.91 Å². The first kappa shape index (κ1) is 10.9. The van der Waals surface area contributed by atoms with Gasteiger partial charge >= 0.3 is 0 Å². The lowest BCUT2D eigenvalue weighted by Gasteiger charge is -2.00. The molecule has 0 aliphatic rings. The van der Waals surface area contributed by atoms with Crippen LogP contribution in [0.2, 0.25) is 0 Å². The van der Waals surface area contributed by atoms with Crippen LogP contribution in [0.4, 0.5) is 0 Å². The maximum atomic E-state index is 11.5. The molecule has 0 heterocycles. The highest BCUT2D eigenvalue weighted by Gasteiger charge is 2.07. The van der Waals surface area contributed by atoms with Gasteiger partial charge in [0.1, 0.15) is 0 Å². The number of carbonyl (C=O) groups is 1. The van der Waals surface area contributed by atoms with Crippen molar-refractivity contribution in [1.29, 1.82) is 0 Å². The highest BCUT2D eigenvalue weighted by Crippen LogP contribution is 2.09. The van der Waals surface area contributed by atoms with Crippen molar-refractivity contribution in [3.63, 3.8) is 0 Å². The molecule has 0 bridgehead atoms. The summed E-state index contributed by atoms with van der Waals surface area (Å²) in [5, 5.41) is 0.